The number of rotatable bonds is 18. The summed E-state index contributed by atoms with van der Waals surface area (Å²) in [6.07, 6.45) is 8.65. The molecule has 6 heteroatoms. The Kier molecular flexibility index (Phi) is 17.0. The van der Waals surface area contributed by atoms with Crippen molar-refractivity contribution in [3.8, 4) is 0 Å². The normalized spacial score (nSPS) is 13.3. The van der Waals surface area contributed by atoms with E-state index in [2.05, 4.69) is 39.9 Å². The van der Waals surface area contributed by atoms with Crippen LogP contribution in [0.25, 0.3) is 0 Å². The Bertz CT molecular complexity index is 527. The van der Waals surface area contributed by atoms with Crippen LogP contribution >= 0.6 is 0 Å². The van der Waals surface area contributed by atoms with E-state index in [1.165, 1.54) is 0 Å². The van der Waals surface area contributed by atoms with E-state index in [4.69, 9.17) is 9.47 Å². The lowest BCUT2D eigenvalue weighted by Gasteiger charge is -2.25. The Labute approximate surface area is 196 Å². The van der Waals surface area contributed by atoms with Crippen molar-refractivity contribution in [2.24, 2.45) is 17.3 Å². The van der Waals surface area contributed by atoms with Crippen LogP contribution in [-0.2, 0) is 19.1 Å². The molecular formula is C26H49NO5. The Balaban J connectivity index is 4.19. The van der Waals surface area contributed by atoms with Gasteiger partial charge in [0.05, 0.1) is 13.2 Å². The molecule has 0 aromatic rings. The van der Waals surface area contributed by atoms with E-state index in [-0.39, 0.29) is 17.3 Å². The summed E-state index contributed by atoms with van der Waals surface area (Å²) in [6, 6.07) is 0. The smallest absolute Gasteiger partial charge is 0.407 e. The molecule has 0 aromatic heterocycles. The van der Waals surface area contributed by atoms with Gasteiger partial charge in [0.1, 0.15) is 5.78 Å². The van der Waals surface area contributed by atoms with Crippen molar-refractivity contribution in [1.29, 1.82) is 0 Å². The molecule has 0 aliphatic heterocycles. The molecule has 0 spiro atoms. The molecule has 0 saturated carbocycles. The minimum absolute atomic E-state index is 0.119. The third-order valence-electron chi connectivity index (χ3n) is 5.59. The third-order valence-corrected chi connectivity index (χ3v) is 5.59. The highest BCUT2D eigenvalue weighted by Crippen LogP contribution is 2.29. The zero-order valence-corrected chi connectivity index (χ0v) is 21.6. The molecule has 0 heterocycles. The van der Waals surface area contributed by atoms with Gasteiger partial charge in [-0.15, -0.1) is 0 Å². The monoisotopic (exact) mass is 455 g/mol. The van der Waals surface area contributed by atoms with Crippen molar-refractivity contribution in [1.82, 2.24) is 5.32 Å². The molecule has 0 aliphatic carbocycles. The lowest BCUT2D eigenvalue weighted by molar-refractivity contribution is -0.145. The minimum Gasteiger partial charge on any atom is -0.466 e. The van der Waals surface area contributed by atoms with E-state index in [0.29, 0.717) is 50.7 Å². The molecule has 2 atom stereocenters. The first-order chi connectivity index (χ1) is 15.1. The highest BCUT2D eigenvalue weighted by molar-refractivity contribution is 5.78. The Morgan fingerprint density at radius 3 is 2.19 bits per heavy atom. The van der Waals surface area contributed by atoms with Crippen molar-refractivity contribution in [3.05, 3.63) is 0 Å². The predicted octanol–water partition coefficient (Wildman–Crippen LogP) is 6.45. The number of unbranched alkanes of at least 4 members (excludes halogenated alkanes) is 1. The fourth-order valence-corrected chi connectivity index (χ4v) is 4.09. The van der Waals surface area contributed by atoms with Crippen LogP contribution in [0.5, 0.6) is 0 Å². The Morgan fingerprint density at radius 2 is 1.59 bits per heavy atom. The molecule has 188 valence electrons. The van der Waals surface area contributed by atoms with Crippen molar-refractivity contribution in [2.45, 2.75) is 112 Å². The maximum Gasteiger partial charge on any atom is 0.407 e. The second kappa shape index (κ2) is 17.9. The number of esters is 1. The predicted molar refractivity (Wildman–Crippen MR) is 130 cm³/mol. The Hall–Kier alpha value is -1.59. The van der Waals surface area contributed by atoms with Gasteiger partial charge in [-0.25, -0.2) is 4.79 Å². The van der Waals surface area contributed by atoms with Gasteiger partial charge in [-0.3, -0.25) is 9.59 Å². The first-order valence-corrected chi connectivity index (χ1v) is 12.7. The van der Waals surface area contributed by atoms with Crippen LogP contribution in [0.2, 0.25) is 0 Å². The highest BCUT2D eigenvalue weighted by atomic mass is 16.5. The second-order valence-electron chi connectivity index (χ2n) is 10.1. The van der Waals surface area contributed by atoms with Crippen molar-refractivity contribution in [3.63, 3.8) is 0 Å². The molecule has 0 aliphatic rings. The first-order valence-electron chi connectivity index (χ1n) is 12.7. The summed E-state index contributed by atoms with van der Waals surface area (Å²) < 4.78 is 10.3. The zero-order valence-electron chi connectivity index (χ0n) is 21.6. The van der Waals surface area contributed by atoms with E-state index < -0.39 is 6.09 Å². The van der Waals surface area contributed by atoms with E-state index in [9.17, 15) is 14.4 Å². The van der Waals surface area contributed by atoms with Gasteiger partial charge >= 0.3 is 12.1 Å². The van der Waals surface area contributed by atoms with Gasteiger partial charge in [0.25, 0.3) is 0 Å². The van der Waals surface area contributed by atoms with Crippen molar-refractivity contribution in [2.75, 3.05) is 19.8 Å². The number of ether oxygens (including phenoxy) is 2. The van der Waals surface area contributed by atoms with Gasteiger partial charge in [-0.05, 0) is 56.3 Å². The Morgan fingerprint density at radius 1 is 0.875 bits per heavy atom. The van der Waals surface area contributed by atoms with Crippen LogP contribution in [0.3, 0.4) is 0 Å². The summed E-state index contributed by atoms with van der Waals surface area (Å²) >= 11 is 0. The summed E-state index contributed by atoms with van der Waals surface area (Å²) in [5.74, 6) is 0.895. The number of carbonyl (C=O) groups excluding carboxylic acids is 3. The number of Topliss-reactive ketones (excluding diaryl/α,β-unsaturated/α-hetero) is 1. The second-order valence-corrected chi connectivity index (χ2v) is 10.1. The average Bonchev–Trinajstić information content (AvgIpc) is 2.69. The molecule has 1 N–H and O–H groups in total. The molecular weight excluding hydrogens is 406 g/mol. The van der Waals surface area contributed by atoms with Crippen LogP contribution in [0.15, 0.2) is 0 Å². The number of ketones is 1. The average molecular weight is 456 g/mol. The lowest BCUT2D eigenvalue weighted by Crippen LogP contribution is -2.26. The quantitative estimate of drug-likeness (QED) is 0.190. The van der Waals surface area contributed by atoms with Crippen LogP contribution in [0.1, 0.15) is 112 Å². The summed E-state index contributed by atoms with van der Waals surface area (Å²) in [5.41, 5.74) is 0.119. The van der Waals surface area contributed by atoms with Crippen LogP contribution in [0.4, 0.5) is 4.79 Å². The number of carbonyl (C=O) groups is 3. The fraction of sp³-hybridized carbons (Fsp3) is 0.885. The van der Waals surface area contributed by atoms with Crippen LogP contribution in [-0.4, -0.2) is 37.6 Å². The standard InChI is InChI=1S/C26H49NO5/c1-7-13-21(8-2)18-23(28)15-10-11-17-32-24(29)19-22(20-26(4,5)6)14-12-16-27-25(30)31-9-3/h21-22H,7-20H2,1-6H3,(H,27,30). The number of amides is 1. The number of nitrogens with one attached hydrogen (secondary N) is 1. The fourth-order valence-electron chi connectivity index (χ4n) is 4.09. The first kappa shape index (κ1) is 30.4. The maximum absolute atomic E-state index is 12.3. The third kappa shape index (κ3) is 18.0. The minimum atomic E-state index is -0.395. The maximum atomic E-state index is 12.3. The van der Waals surface area contributed by atoms with Gasteiger partial charge < -0.3 is 14.8 Å². The van der Waals surface area contributed by atoms with E-state index in [1.807, 2.05) is 0 Å². The molecule has 0 bridgehead atoms. The summed E-state index contributed by atoms with van der Waals surface area (Å²) in [6.45, 7) is 13.9. The number of alkyl carbamates (subject to hydrolysis) is 1. The lowest BCUT2D eigenvalue weighted by atomic mass is 9.81. The summed E-state index contributed by atoms with van der Waals surface area (Å²) in [7, 11) is 0. The molecule has 2 unspecified atom stereocenters. The SMILES string of the molecule is CCCC(CC)CC(=O)CCCCOC(=O)CC(CCCNC(=O)OCC)CC(C)(C)C. The molecule has 0 rings (SSSR count). The summed E-state index contributed by atoms with van der Waals surface area (Å²) in [5, 5.41) is 2.73. The molecule has 0 fully saturated rings. The molecule has 0 radical (unpaired) electrons. The van der Waals surface area contributed by atoms with Gasteiger partial charge in [0.15, 0.2) is 0 Å². The van der Waals surface area contributed by atoms with E-state index in [0.717, 1.165) is 51.4 Å². The van der Waals surface area contributed by atoms with Crippen molar-refractivity contribution < 1.29 is 23.9 Å². The largest absolute Gasteiger partial charge is 0.466 e. The molecule has 0 saturated heterocycles. The molecule has 0 aromatic carbocycles. The highest BCUT2D eigenvalue weighted by Gasteiger charge is 2.22. The van der Waals surface area contributed by atoms with Gasteiger partial charge in [0.2, 0.25) is 0 Å². The van der Waals surface area contributed by atoms with E-state index in [1.54, 1.807) is 6.92 Å². The molecule has 1 amide bonds. The van der Waals surface area contributed by atoms with Gasteiger partial charge in [-0.1, -0.05) is 53.9 Å². The van der Waals surface area contributed by atoms with Gasteiger partial charge in [-0.2, -0.15) is 0 Å². The van der Waals surface area contributed by atoms with E-state index >= 15 is 0 Å². The van der Waals surface area contributed by atoms with Crippen LogP contribution < -0.4 is 5.32 Å². The van der Waals surface area contributed by atoms with Crippen LogP contribution in [0, 0.1) is 17.3 Å². The number of hydrogen-bond acceptors (Lipinski definition) is 5. The number of hydrogen-bond donors (Lipinski definition) is 1. The van der Waals surface area contributed by atoms with Gasteiger partial charge in [0, 0.05) is 25.8 Å². The topological polar surface area (TPSA) is 81.7 Å². The van der Waals surface area contributed by atoms with Crippen molar-refractivity contribution >= 4 is 17.8 Å². The molecule has 6 nitrogen and oxygen atoms in total. The summed E-state index contributed by atoms with van der Waals surface area (Å²) in [4.78, 5) is 35.8. The molecule has 32 heavy (non-hydrogen) atoms. The zero-order chi connectivity index (χ0) is 24.4.